The van der Waals surface area contributed by atoms with Crippen LogP contribution in [0.2, 0.25) is 0 Å². The van der Waals surface area contributed by atoms with Crippen LogP contribution in [0.1, 0.15) is 39.5 Å². The van der Waals surface area contributed by atoms with Crippen molar-refractivity contribution >= 4 is 5.78 Å². The number of rotatable bonds is 8. The molecule has 1 unspecified atom stereocenters. The van der Waals surface area contributed by atoms with Crippen LogP contribution in [0.4, 0.5) is 0 Å². The number of ether oxygens (including phenoxy) is 1. The molecule has 0 rings (SSSR count). The number of aliphatic hydroxyl groups is 1. The summed E-state index contributed by atoms with van der Waals surface area (Å²) >= 11 is 0. The fraction of sp³-hybridized carbons (Fsp3) is 0.900. The molecule has 1 N–H and O–H groups in total. The Morgan fingerprint density at radius 1 is 1.38 bits per heavy atom. The van der Waals surface area contributed by atoms with Gasteiger partial charge in [0.1, 0.15) is 5.78 Å². The molecule has 3 heteroatoms. The van der Waals surface area contributed by atoms with Gasteiger partial charge in [-0.25, -0.2) is 0 Å². The van der Waals surface area contributed by atoms with E-state index in [9.17, 15) is 9.90 Å². The fourth-order valence-corrected chi connectivity index (χ4v) is 1.07. The van der Waals surface area contributed by atoms with Crippen molar-refractivity contribution in [2.24, 2.45) is 0 Å². The number of aliphatic hydroxyl groups excluding tert-OH is 1. The average molecular weight is 188 g/mol. The maximum Gasteiger partial charge on any atom is 0.133 e. The minimum Gasteiger partial charge on any atom is -0.391 e. The van der Waals surface area contributed by atoms with Gasteiger partial charge in [0.2, 0.25) is 0 Å². The lowest BCUT2D eigenvalue weighted by molar-refractivity contribution is -0.119. The van der Waals surface area contributed by atoms with E-state index in [1.165, 1.54) is 0 Å². The van der Waals surface area contributed by atoms with Gasteiger partial charge in [-0.2, -0.15) is 0 Å². The van der Waals surface area contributed by atoms with E-state index in [4.69, 9.17) is 4.74 Å². The van der Waals surface area contributed by atoms with Crippen LogP contribution in [0.25, 0.3) is 0 Å². The molecule has 13 heavy (non-hydrogen) atoms. The minimum absolute atomic E-state index is 0.234. The van der Waals surface area contributed by atoms with Crippen molar-refractivity contribution in [3.05, 3.63) is 0 Å². The number of Topliss-reactive ketones (excluding diaryl/α,β-unsaturated/α-hetero) is 1. The lowest BCUT2D eigenvalue weighted by Gasteiger charge is -2.09. The first-order valence-electron chi connectivity index (χ1n) is 4.98. The second-order valence-corrected chi connectivity index (χ2v) is 3.14. The maximum atomic E-state index is 11.1. The Balaban J connectivity index is 3.34. The maximum absolute atomic E-state index is 11.1. The van der Waals surface area contributed by atoms with E-state index in [1.54, 1.807) is 0 Å². The number of carbonyl (C=O) groups excluding carboxylic acids is 1. The topological polar surface area (TPSA) is 46.5 Å². The molecule has 78 valence electrons. The smallest absolute Gasteiger partial charge is 0.133 e. The van der Waals surface area contributed by atoms with Gasteiger partial charge < -0.3 is 9.84 Å². The molecule has 0 amide bonds. The normalized spacial score (nSPS) is 12.8. The third-order valence-electron chi connectivity index (χ3n) is 1.80. The van der Waals surface area contributed by atoms with Gasteiger partial charge >= 0.3 is 0 Å². The Bertz CT molecular complexity index is 134. The number of carbonyl (C=O) groups is 1. The van der Waals surface area contributed by atoms with E-state index in [-0.39, 0.29) is 5.78 Å². The van der Waals surface area contributed by atoms with Crippen LogP contribution in [0, 0.1) is 0 Å². The van der Waals surface area contributed by atoms with Gasteiger partial charge in [0.15, 0.2) is 0 Å². The summed E-state index contributed by atoms with van der Waals surface area (Å²) in [5.41, 5.74) is 0. The highest BCUT2D eigenvalue weighted by Gasteiger charge is 2.07. The molecule has 0 radical (unpaired) electrons. The van der Waals surface area contributed by atoms with Crippen molar-refractivity contribution < 1.29 is 14.6 Å². The first-order chi connectivity index (χ1) is 6.20. The molecule has 0 saturated carbocycles. The van der Waals surface area contributed by atoms with Crippen molar-refractivity contribution in [2.75, 3.05) is 13.2 Å². The number of hydrogen-bond acceptors (Lipinski definition) is 3. The van der Waals surface area contributed by atoms with Gasteiger partial charge in [-0.15, -0.1) is 0 Å². The molecule has 0 heterocycles. The zero-order valence-electron chi connectivity index (χ0n) is 8.58. The van der Waals surface area contributed by atoms with Crippen molar-refractivity contribution in [3.63, 3.8) is 0 Å². The molecule has 3 nitrogen and oxygen atoms in total. The molecular formula is C10H20O3. The summed E-state index contributed by atoms with van der Waals surface area (Å²) in [5.74, 6) is 0.234. The molecular weight excluding hydrogens is 168 g/mol. The van der Waals surface area contributed by atoms with Gasteiger partial charge in [0.05, 0.1) is 12.7 Å². The Labute approximate surface area is 80.1 Å². The van der Waals surface area contributed by atoms with Crippen molar-refractivity contribution in [3.8, 4) is 0 Å². The monoisotopic (exact) mass is 188 g/mol. The summed E-state index contributed by atoms with van der Waals surface area (Å²) in [6.45, 7) is 4.82. The molecule has 0 saturated heterocycles. The van der Waals surface area contributed by atoms with Crippen molar-refractivity contribution in [1.82, 2.24) is 0 Å². The second kappa shape index (κ2) is 8.20. The highest BCUT2D eigenvalue weighted by Crippen LogP contribution is 2.02. The van der Waals surface area contributed by atoms with Crippen LogP contribution < -0.4 is 0 Å². The largest absolute Gasteiger partial charge is 0.391 e. The van der Waals surface area contributed by atoms with Crippen molar-refractivity contribution in [1.29, 1.82) is 0 Å². The Morgan fingerprint density at radius 2 is 2.08 bits per heavy atom. The van der Waals surface area contributed by atoms with Gasteiger partial charge in [0, 0.05) is 19.4 Å². The zero-order valence-corrected chi connectivity index (χ0v) is 8.58. The lowest BCUT2D eigenvalue weighted by atomic mass is 10.1. The van der Waals surface area contributed by atoms with E-state index in [0.29, 0.717) is 32.5 Å². The molecule has 0 aromatic heterocycles. The molecule has 0 bridgehead atoms. The van der Waals surface area contributed by atoms with Crippen LogP contribution in [0.3, 0.4) is 0 Å². The second-order valence-electron chi connectivity index (χ2n) is 3.14. The predicted octanol–water partition coefficient (Wildman–Crippen LogP) is 1.53. The number of ketones is 1. The summed E-state index contributed by atoms with van der Waals surface area (Å²) in [5, 5.41) is 9.32. The predicted molar refractivity (Wildman–Crippen MR) is 51.6 cm³/mol. The van der Waals surface area contributed by atoms with Crippen LogP contribution >= 0.6 is 0 Å². The van der Waals surface area contributed by atoms with Gasteiger partial charge in [-0.05, 0) is 19.8 Å². The standard InChI is InChI=1S/C10H20O3/c1-3-5-9(11)6-7-10(12)8-13-4-2/h10,12H,3-8H2,1-2H3. The van der Waals surface area contributed by atoms with E-state index in [2.05, 4.69) is 0 Å². The molecule has 0 spiro atoms. The summed E-state index contributed by atoms with van der Waals surface area (Å²) < 4.78 is 5.03. The van der Waals surface area contributed by atoms with Crippen LogP contribution in [0.15, 0.2) is 0 Å². The molecule has 0 aliphatic heterocycles. The highest BCUT2D eigenvalue weighted by atomic mass is 16.5. The highest BCUT2D eigenvalue weighted by molar-refractivity contribution is 5.78. The summed E-state index contributed by atoms with van der Waals surface area (Å²) in [4.78, 5) is 11.1. The quantitative estimate of drug-likeness (QED) is 0.628. The van der Waals surface area contributed by atoms with E-state index in [1.807, 2.05) is 13.8 Å². The summed E-state index contributed by atoms with van der Waals surface area (Å²) in [6, 6.07) is 0. The van der Waals surface area contributed by atoms with Gasteiger partial charge in [-0.3, -0.25) is 4.79 Å². The van der Waals surface area contributed by atoms with Crippen LogP contribution in [0.5, 0.6) is 0 Å². The first-order valence-corrected chi connectivity index (χ1v) is 4.98. The molecule has 0 aromatic rings. The van der Waals surface area contributed by atoms with E-state index in [0.717, 1.165) is 6.42 Å². The summed E-state index contributed by atoms with van der Waals surface area (Å²) in [7, 11) is 0. The van der Waals surface area contributed by atoms with Crippen LogP contribution in [-0.4, -0.2) is 30.2 Å². The molecule has 0 fully saturated rings. The molecule has 0 aliphatic rings. The average Bonchev–Trinajstić information content (AvgIpc) is 2.12. The Hall–Kier alpha value is -0.410. The number of hydrogen-bond donors (Lipinski definition) is 1. The van der Waals surface area contributed by atoms with Crippen LogP contribution in [-0.2, 0) is 9.53 Å². The fourth-order valence-electron chi connectivity index (χ4n) is 1.07. The van der Waals surface area contributed by atoms with Gasteiger partial charge in [-0.1, -0.05) is 6.92 Å². The van der Waals surface area contributed by atoms with E-state index >= 15 is 0 Å². The minimum atomic E-state index is -0.485. The SMILES string of the molecule is CCCC(=O)CCC(O)COCC. The third-order valence-corrected chi connectivity index (χ3v) is 1.80. The zero-order chi connectivity index (χ0) is 10.1. The Kier molecular flexibility index (Phi) is 7.94. The molecule has 0 aliphatic carbocycles. The third kappa shape index (κ3) is 7.94. The molecule has 1 atom stereocenters. The molecule has 0 aromatic carbocycles. The summed E-state index contributed by atoms with van der Waals surface area (Å²) in [6.07, 6.45) is 2.03. The Morgan fingerprint density at radius 3 is 2.62 bits per heavy atom. The van der Waals surface area contributed by atoms with E-state index < -0.39 is 6.10 Å². The van der Waals surface area contributed by atoms with Crippen molar-refractivity contribution in [2.45, 2.75) is 45.6 Å². The lowest BCUT2D eigenvalue weighted by Crippen LogP contribution is -2.16. The van der Waals surface area contributed by atoms with Gasteiger partial charge in [0.25, 0.3) is 0 Å². The first kappa shape index (κ1) is 12.6.